The van der Waals surface area contributed by atoms with E-state index in [9.17, 15) is 4.79 Å². The number of ketones is 1. The molecule has 1 aliphatic rings. The average Bonchev–Trinajstić information content (AvgIpc) is 2.49. The summed E-state index contributed by atoms with van der Waals surface area (Å²) in [5, 5.41) is 3.32. The van der Waals surface area contributed by atoms with E-state index >= 15 is 0 Å². The van der Waals surface area contributed by atoms with Crippen molar-refractivity contribution in [1.29, 1.82) is 0 Å². The molecule has 3 rings (SSSR count). The molecule has 102 valence electrons. The van der Waals surface area contributed by atoms with Crippen LogP contribution in [0.5, 0.6) is 0 Å². The topological polar surface area (TPSA) is 42.0 Å². The zero-order valence-corrected chi connectivity index (χ0v) is 12.6. The number of hydrogen-bond donors (Lipinski definition) is 1. The highest BCUT2D eigenvalue weighted by atomic mass is 79.9. The standard InChI is InChI=1S/C16H15BrN2O/c17-12-5-6-13(19-10-12)9-15(20)16-14-4-2-1-3-11(14)7-8-18-16/h1-6,10,16,18H,7-9H2. The molecule has 1 unspecified atom stereocenters. The molecule has 2 aromatic rings. The highest BCUT2D eigenvalue weighted by molar-refractivity contribution is 9.10. The second kappa shape index (κ2) is 5.85. The molecule has 0 fully saturated rings. The number of nitrogens with one attached hydrogen (secondary N) is 1. The molecule has 20 heavy (non-hydrogen) atoms. The van der Waals surface area contributed by atoms with Crippen molar-refractivity contribution in [3.8, 4) is 0 Å². The van der Waals surface area contributed by atoms with Crippen LogP contribution < -0.4 is 5.32 Å². The second-order valence-corrected chi connectivity index (χ2v) is 5.86. The van der Waals surface area contributed by atoms with Crippen LogP contribution in [0.25, 0.3) is 0 Å². The SMILES string of the molecule is O=C(Cc1ccc(Br)cn1)C1NCCc2ccccc21. The number of carbonyl (C=O) groups excluding carboxylic acids is 1. The van der Waals surface area contributed by atoms with Gasteiger partial charge in [0.05, 0.1) is 12.5 Å². The Hall–Kier alpha value is -1.52. The minimum absolute atomic E-state index is 0.173. The molecule has 0 radical (unpaired) electrons. The third-order valence-corrected chi connectivity index (χ3v) is 4.04. The molecule has 1 aliphatic heterocycles. The van der Waals surface area contributed by atoms with Crippen LogP contribution in [0.1, 0.15) is 22.9 Å². The second-order valence-electron chi connectivity index (χ2n) is 4.95. The van der Waals surface area contributed by atoms with E-state index in [2.05, 4.69) is 32.3 Å². The number of hydrogen-bond acceptors (Lipinski definition) is 3. The minimum atomic E-state index is -0.203. The Balaban J connectivity index is 1.80. The number of aromatic nitrogens is 1. The Kier molecular flexibility index (Phi) is 3.94. The molecule has 0 bridgehead atoms. The normalized spacial score (nSPS) is 17.6. The maximum absolute atomic E-state index is 12.5. The summed E-state index contributed by atoms with van der Waals surface area (Å²) >= 11 is 3.35. The Morgan fingerprint density at radius 1 is 1.30 bits per heavy atom. The van der Waals surface area contributed by atoms with E-state index < -0.39 is 0 Å². The van der Waals surface area contributed by atoms with Crippen LogP contribution >= 0.6 is 15.9 Å². The molecule has 3 nitrogen and oxygen atoms in total. The third kappa shape index (κ3) is 2.81. The summed E-state index contributed by atoms with van der Waals surface area (Å²) in [5.74, 6) is 0.173. The quantitative estimate of drug-likeness (QED) is 0.940. The Bertz CT molecular complexity index is 625. The molecule has 1 aromatic heterocycles. The van der Waals surface area contributed by atoms with Crippen molar-refractivity contribution in [2.24, 2.45) is 0 Å². The summed E-state index contributed by atoms with van der Waals surface area (Å²) in [7, 11) is 0. The predicted molar refractivity (Wildman–Crippen MR) is 81.5 cm³/mol. The lowest BCUT2D eigenvalue weighted by molar-refractivity contribution is -0.120. The van der Waals surface area contributed by atoms with Crippen LogP contribution in [0.4, 0.5) is 0 Å². The molecule has 1 atom stereocenters. The Morgan fingerprint density at radius 2 is 2.15 bits per heavy atom. The number of rotatable bonds is 3. The van der Waals surface area contributed by atoms with Crippen LogP contribution in [-0.2, 0) is 17.6 Å². The summed E-state index contributed by atoms with van der Waals surface area (Å²) < 4.78 is 0.926. The van der Waals surface area contributed by atoms with Crippen LogP contribution in [0.15, 0.2) is 47.1 Å². The molecular formula is C16H15BrN2O. The summed E-state index contributed by atoms with van der Waals surface area (Å²) in [6.45, 7) is 0.848. The molecule has 0 saturated heterocycles. The van der Waals surface area contributed by atoms with Crippen LogP contribution in [0.3, 0.4) is 0 Å². The van der Waals surface area contributed by atoms with Crippen LogP contribution in [0, 0.1) is 0 Å². The number of benzene rings is 1. The predicted octanol–water partition coefficient (Wildman–Crippen LogP) is 2.84. The summed E-state index contributed by atoms with van der Waals surface area (Å²) in [6.07, 6.45) is 3.07. The first-order chi connectivity index (χ1) is 9.74. The van der Waals surface area contributed by atoms with Crippen LogP contribution in [-0.4, -0.2) is 17.3 Å². The fourth-order valence-corrected chi connectivity index (χ4v) is 2.82. The van der Waals surface area contributed by atoms with Crippen molar-refractivity contribution in [1.82, 2.24) is 10.3 Å². The third-order valence-electron chi connectivity index (χ3n) is 3.57. The number of Topliss-reactive ketones (excluding diaryl/α,β-unsaturated/α-hetero) is 1. The van der Waals surface area contributed by atoms with Crippen LogP contribution in [0.2, 0.25) is 0 Å². The maximum atomic E-state index is 12.5. The molecule has 1 aromatic carbocycles. The Morgan fingerprint density at radius 3 is 2.95 bits per heavy atom. The lowest BCUT2D eigenvalue weighted by Crippen LogP contribution is -2.35. The van der Waals surface area contributed by atoms with E-state index in [1.54, 1.807) is 6.20 Å². The van der Waals surface area contributed by atoms with Gasteiger partial charge in [-0.1, -0.05) is 24.3 Å². The number of pyridine rings is 1. The largest absolute Gasteiger partial charge is 0.303 e. The highest BCUT2D eigenvalue weighted by Crippen LogP contribution is 2.24. The number of carbonyl (C=O) groups is 1. The van der Waals surface area contributed by atoms with E-state index in [1.807, 2.05) is 30.3 Å². The van der Waals surface area contributed by atoms with Crippen molar-refractivity contribution < 1.29 is 4.79 Å². The first-order valence-corrected chi connectivity index (χ1v) is 7.47. The van der Waals surface area contributed by atoms with Crippen molar-refractivity contribution in [2.75, 3.05) is 6.54 Å². The van der Waals surface area contributed by atoms with Crippen molar-refractivity contribution in [2.45, 2.75) is 18.9 Å². The van der Waals surface area contributed by atoms with E-state index in [0.29, 0.717) is 6.42 Å². The monoisotopic (exact) mass is 330 g/mol. The molecular weight excluding hydrogens is 316 g/mol. The summed E-state index contributed by atoms with van der Waals surface area (Å²) in [6, 6.07) is 11.8. The zero-order chi connectivity index (χ0) is 13.9. The van der Waals surface area contributed by atoms with Crippen molar-refractivity contribution >= 4 is 21.7 Å². The number of fused-ring (bicyclic) bond motifs is 1. The van der Waals surface area contributed by atoms with Gasteiger partial charge in [-0.2, -0.15) is 0 Å². The first kappa shape index (κ1) is 13.5. The van der Waals surface area contributed by atoms with Gasteiger partial charge in [-0.15, -0.1) is 0 Å². The number of halogens is 1. The zero-order valence-electron chi connectivity index (χ0n) is 11.0. The summed E-state index contributed by atoms with van der Waals surface area (Å²) in [5.41, 5.74) is 3.19. The van der Waals surface area contributed by atoms with Gasteiger partial charge in [-0.3, -0.25) is 9.78 Å². The van der Waals surface area contributed by atoms with Crippen molar-refractivity contribution in [3.05, 3.63) is 63.9 Å². The highest BCUT2D eigenvalue weighted by Gasteiger charge is 2.25. The van der Waals surface area contributed by atoms with Gasteiger partial charge in [0.25, 0.3) is 0 Å². The van der Waals surface area contributed by atoms with E-state index in [1.165, 1.54) is 5.56 Å². The van der Waals surface area contributed by atoms with Gasteiger partial charge < -0.3 is 5.32 Å². The lowest BCUT2D eigenvalue weighted by atomic mass is 9.90. The fraction of sp³-hybridized carbons (Fsp3) is 0.250. The molecule has 0 aliphatic carbocycles. The van der Waals surface area contributed by atoms with Gasteiger partial charge in [0.15, 0.2) is 5.78 Å². The minimum Gasteiger partial charge on any atom is -0.303 e. The van der Waals surface area contributed by atoms with Gasteiger partial charge in [0.2, 0.25) is 0 Å². The number of nitrogens with zero attached hydrogens (tertiary/aromatic N) is 1. The molecule has 1 N–H and O–H groups in total. The molecule has 4 heteroatoms. The summed E-state index contributed by atoms with van der Waals surface area (Å²) in [4.78, 5) is 16.8. The average molecular weight is 331 g/mol. The first-order valence-electron chi connectivity index (χ1n) is 6.68. The molecule has 0 saturated carbocycles. The van der Waals surface area contributed by atoms with Gasteiger partial charge in [0, 0.05) is 22.9 Å². The van der Waals surface area contributed by atoms with E-state index in [-0.39, 0.29) is 11.8 Å². The van der Waals surface area contributed by atoms with E-state index in [4.69, 9.17) is 0 Å². The molecule has 0 amide bonds. The van der Waals surface area contributed by atoms with Gasteiger partial charge in [-0.25, -0.2) is 0 Å². The molecule has 0 spiro atoms. The van der Waals surface area contributed by atoms with Crippen molar-refractivity contribution in [3.63, 3.8) is 0 Å². The van der Waals surface area contributed by atoms with Gasteiger partial charge in [0.1, 0.15) is 0 Å². The fourth-order valence-electron chi connectivity index (χ4n) is 2.58. The smallest absolute Gasteiger partial charge is 0.160 e. The molecule has 2 heterocycles. The lowest BCUT2D eigenvalue weighted by Gasteiger charge is -2.25. The van der Waals surface area contributed by atoms with E-state index in [0.717, 1.165) is 28.7 Å². The van der Waals surface area contributed by atoms with Gasteiger partial charge in [-0.05, 0) is 45.6 Å². The maximum Gasteiger partial charge on any atom is 0.160 e. The van der Waals surface area contributed by atoms with Gasteiger partial charge >= 0.3 is 0 Å². The Labute approximate surface area is 126 Å².